The topological polar surface area (TPSA) is 97.5 Å². The van der Waals surface area contributed by atoms with Crippen LogP contribution in [0.5, 0.6) is 0 Å². The van der Waals surface area contributed by atoms with Crippen LogP contribution < -0.4 is 9.44 Å². The van der Waals surface area contributed by atoms with E-state index in [1.54, 1.807) is 31.2 Å². The molecule has 8 heteroatoms. The van der Waals surface area contributed by atoms with E-state index in [1.165, 1.54) is 4.31 Å². The summed E-state index contributed by atoms with van der Waals surface area (Å²) in [6, 6.07) is 8.82. The summed E-state index contributed by atoms with van der Waals surface area (Å²) in [6.07, 6.45) is 0.506. The van der Waals surface area contributed by atoms with E-state index < -0.39 is 20.0 Å². The molecule has 0 saturated heterocycles. The maximum atomic E-state index is 12.2. The van der Waals surface area contributed by atoms with Gasteiger partial charge in [-0.2, -0.15) is 0 Å². The summed E-state index contributed by atoms with van der Waals surface area (Å²) in [5.41, 5.74) is 0.612. The molecule has 6 nitrogen and oxygen atoms in total. The second kappa shape index (κ2) is 7.05. The predicted molar refractivity (Wildman–Crippen MR) is 80.5 cm³/mol. The van der Waals surface area contributed by atoms with Gasteiger partial charge in [0.15, 0.2) is 0 Å². The zero-order valence-electron chi connectivity index (χ0n) is 11.4. The minimum absolute atomic E-state index is 0.0920. The van der Waals surface area contributed by atoms with Crippen LogP contribution in [0.4, 0.5) is 5.69 Å². The quantitative estimate of drug-likeness (QED) is 0.720. The fourth-order valence-electron chi connectivity index (χ4n) is 1.83. The number of sulfonamides is 2. The molecule has 0 atom stereocenters. The molecular formula is C12H20N2O4S2. The average molecular weight is 320 g/mol. The highest BCUT2D eigenvalue weighted by molar-refractivity contribution is 7.92. The fourth-order valence-corrected chi connectivity index (χ4v) is 4.06. The molecule has 0 bridgehead atoms. The highest BCUT2D eigenvalue weighted by Crippen LogP contribution is 2.18. The zero-order valence-corrected chi connectivity index (χ0v) is 13.0. The Balaban J connectivity index is 2.67. The number of hydrogen-bond donors (Lipinski definition) is 1. The number of nitrogens with zero attached hydrogens (tertiary/aromatic N) is 1. The van der Waals surface area contributed by atoms with Crippen molar-refractivity contribution in [1.29, 1.82) is 0 Å². The molecule has 0 heterocycles. The van der Waals surface area contributed by atoms with Gasteiger partial charge in [0, 0.05) is 6.54 Å². The minimum atomic E-state index is -3.53. The Kier molecular flexibility index (Phi) is 5.97. The first-order chi connectivity index (χ1) is 9.26. The molecule has 0 aromatic heterocycles. The lowest BCUT2D eigenvalue weighted by Gasteiger charge is -2.22. The van der Waals surface area contributed by atoms with Crippen LogP contribution in [0, 0.1) is 0 Å². The number of anilines is 1. The van der Waals surface area contributed by atoms with Gasteiger partial charge in [0.05, 0.1) is 17.2 Å². The summed E-state index contributed by atoms with van der Waals surface area (Å²) in [6.45, 7) is 2.09. The van der Waals surface area contributed by atoms with Crippen LogP contribution >= 0.6 is 0 Å². The monoisotopic (exact) mass is 320 g/mol. The predicted octanol–water partition coefficient (Wildman–Crippen LogP) is 0.911. The minimum Gasteiger partial charge on any atom is -0.271 e. The van der Waals surface area contributed by atoms with Gasteiger partial charge in [-0.25, -0.2) is 22.0 Å². The van der Waals surface area contributed by atoms with Crippen LogP contribution in [-0.4, -0.2) is 34.9 Å². The van der Waals surface area contributed by atoms with Gasteiger partial charge in [-0.1, -0.05) is 18.2 Å². The summed E-state index contributed by atoms with van der Waals surface area (Å²) in [7, 11) is -6.97. The third-order valence-corrected chi connectivity index (χ3v) is 5.55. The highest BCUT2D eigenvalue weighted by Gasteiger charge is 2.20. The van der Waals surface area contributed by atoms with Crippen LogP contribution in [0.15, 0.2) is 30.3 Å². The Morgan fingerprint density at radius 3 is 2.05 bits per heavy atom. The summed E-state index contributed by atoms with van der Waals surface area (Å²) in [4.78, 5) is 0. The molecule has 0 aliphatic heterocycles. The molecule has 114 valence electrons. The van der Waals surface area contributed by atoms with Crippen molar-refractivity contribution in [2.45, 2.75) is 19.8 Å². The maximum Gasteiger partial charge on any atom is 0.235 e. The molecule has 0 aliphatic carbocycles. The van der Waals surface area contributed by atoms with Crippen molar-refractivity contribution in [3.05, 3.63) is 30.3 Å². The number of hydrogen-bond acceptors (Lipinski definition) is 4. The van der Waals surface area contributed by atoms with E-state index in [4.69, 9.17) is 5.14 Å². The third-order valence-electron chi connectivity index (χ3n) is 2.75. The molecule has 1 rings (SSSR count). The molecular weight excluding hydrogens is 300 g/mol. The average Bonchev–Trinajstić information content (AvgIpc) is 2.35. The van der Waals surface area contributed by atoms with Crippen molar-refractivity contribution in [3.63, 3.8) is 0 Å². The molecule has 0 aliphatic rings. The lowest BCUT2D eigenvalue weighted by atomic mass is 10.3. The van der Waals surface area contributed by atoms with E-state index in [0.717, 1.165) is 0 Å². The standard InChI is InChI=1S/C12H20N2O4S2/c1-2-14(12-8-4-3-5-9-12)20(17,18)11-7-6-10-19(13,15)16/h3-5,8-9H,2,6-7,10-11H2,1H3,(H2,13,15,16). The van der Waals surface area contributed by atoms with E-state index in [2.05, 4.69) is 0 Å². The largest absolute Gasteiger partial charge is 0.271 e. The molecule has 1 aromatic rings. The van der Waals surface area contributed by atoms with Crippen LogP contribution in [0.25, 0.3) is 0 Å². The number of rotatable bonds is 8. The second-order valence-corrected chi connectivity index (χ2v) is 8.14. The fraction of sp³-hybridized carbons (Fsp3) is 0.500. The van der Waals surface area contributed by atoms with Crippen molar-refractivity contribution >= 4 is 25.7 Å². The van der Waals surface area contributed by atoms with Crippen LogP contribution in [0.3, 0.4) is 0 Å². The zero-order chi connectivity index (χ0) is 15.2. The van der Waals surface area contributed by atoms with Crippen molar-refractivity contribution in [1.82, 2.24) is 0 Å². The number of benzene rings is 1. The van der Waals surface area contributed by atoms with E-state index in [9.17, 15) is 16.8 Å². The Hall–Kier alpha value is -1.12. The Bertz CT molecular complexity index is 612. The van der Waals surface area contributed by atoms with E-state index >= 15 is 0 Å². The normalized spacial score (nSPS) is 12.3. The van der Waals surface area contributed by atoms with Crippen molar-refractivity contribution in [2.24, 2.45) is 5.14 Å². The molecule has 0 saturated carbocycles. The van der Waals surface area contributed by atoms with E-state index in [0.29, 0.717) is 12.2 Å². The molecule has 0 unspecified atom stereocenters. The lowest BCUT2D eigenvalue weighted by molar-refractivity contribution is 0.583. The number of unbranched alkanes of at least 4 members (excludes halogenated alkanes) is 1. The van der Waals surface area contributed by atoms with Crippen LogP contribution in [-0.2, 0) is 20.0 Å². The lowest BCUT2D eigenvalue weighted by Crippen LogP contribution is -2.33. The molecule has 0 fully saturated rings. The molecule has 0 amide bonds. The molecule has 0 spiro atoms. The van der Waals surface area contributed by atoms with Gasteiger partial charge in [0.25, 0.3) is 0 Å². The second-order valence-electron chi connectivity index (χ2n) is 4.39. The molecule has 0 radical (unpaired) electrons. The SMILES string of the molecule is CCN(c1ccccc1)S(=O)(=O)CCCCS(N)(=O)=O. The third kappa shape index (κ3) is 5.48. The number of para-hydroxylation sites is 1. The van der Waals surface area contributed by atoms with Gasteiger partial charge in [-0.3, -0.25) is 4.31 Å². The molecule has 1 aromatic carbocycles. The molecule has 20 heavy (non-hydrogen) atoms. The van der Waals surface area contributed by atoms with Gasteiger partial charge >= 0.3 is 0 Å². The summed E-state index contributed by atoms with van der Waals surface area (Å²) < 4.78 is 47.4. The molecule has 2 N–H and O–H groups in total. The first-order valence-corrected chi connectivity index (χ1v) is 9.64. The van der Waals surface area contributed by atoms with E-state index in [-0.39, 0.29) is 24.3 Å². The summed E-state index contributed by atoms with van der Waals surface area (Å²) in [5.74, 6) is -0.286. The number of primary sulfonamides is 1. The van der Waals surface area contributed by atoms with Crippen LogP contribution in [0.2, 0.25) is 0 Å². The smallest absolute Gasteiger partial charge is 0.235 e. The van der Waals surface area contributed by atoms with Gasteiger partial charge in [-0.05, 0) is 31.9 Å². The van der Waals surface area contributed by atoms with Crippen molar-refractivity contribution < 1.29 is 16.8 Å². The summed E-state index contributed by atoms with van der Waals surface area (Å²) >= 11 is 0. The Labute approximate surface area is 120 Å². The van der Waals surface area contributed by atoms with Gasteiger partial charge in [0.2, 0.25) is 20.0 Å². The van der Waals surface area contributed by atoms with E-state index in [1.807, 2.05) is 6.07 Å². The van der Waals surface area contributed by atoms with Gasteiger partial charge in [0.1, 0.15) is 0 Å². The number of nitrogens with two attached hydrogens (primary N) is 1. The van der Waals surface area contributed by atoms with Crippen LogP contribution in [0.1, 0.15) is 19.8 Å². The summed E-state index contributed by atoms with van der Waals surface area (Å²) in [5, 5.41) is 4.87. The first-order valence-electron chi connectivity index (χ1n) is 6.32. The first kappa shape index (κ1) is 16.9. The van der Waals surface area contributed by atoms with Gasteiger partial charge < -0.3 is 0 Å². The van der Waals surface area contributed by atoms with Crippen molar-refractivity contribution in [3.8, 4) is 0 Å². The Morgan fingerprint density at radius 1 is 1.00 bits per heavy atom. The highest BCUT2D eigenvalue weighted by atomic mass is 32.2. The Morgan fingerprint density at radius 2 is 1.55 bits per heavy atom. The van der Waals surface area contributed by atoms with Gasteiger partial charge in [-0.15, -0.1) is 0 Å². The maximum absolute atomic E-state index is 12.2. The van der Waals surface area contributed by atoms with Crippen molar-refractivity contribution in [2.75, 3.05) is 22.4 Å².